The molecule has 1 aromatic rings. The van der Waals surface area contributed by atoms with Crippen molar-refractivity contribution in [3.63, 3.8) is 0 Å². The van der Waals surface area contributed by atoms with Gasteiger partial charge in [-0.1, -0.05) is 0 Å². The maximum absolute atomic E-state index is 11.5. The minimum absolute atomic E-state index is 0.0582. The Hall–Kier alpha value is -1.14. The summed E-state index contributed by atoms with van der Waals surface area (Å²) in [5.41, 5.74) is 0. The largest absolute Gasteiger partial charge is 0.384 e. The Morgan fingerprint density at radius 1 is 1.72 bits per heavy atom. The fraction of sp³-hybridized carbons (Fsp3) is 0.667. The summed E-state index contributed by atoms with van der Waals surface area (Å²) < 4.78 is 4.88. The van der Waals surface area contributed by atoms with E-state index in [4.69, 9.17) is 4.74 Å². The minimum Gasteiger partial charge on any atom is -0.384 e. The van der Waals surface area contributed by atoms with Gasteiger partial charge in [0, 0.05) is 44.2 Å². The molecule has 1 unspecified atom stereocenters. The van der Waals surface area contributed by atoms with E-state index in [0.717, 1.165) is 24.5 Å². The molecule has 0 bridgehead atoms. The summed E-state index contributed by atoms with van der Waals surface area (Å²) in [6.07, 6.45) is 4.54. The first-order valence-corrected chi connectivity index (χ1v) is 7.11. The van der Waals surface area contributed by atoms with Gasteiger partial charge in [0.15, 0.2) is 5.13 Å². The van der Waals surface area contributed by atoms with E-state index in [1.54, 1.807) is 18.4 Å². The highest BCUT2D eigenvalue weighted by Crippen LogP contribution is 2.26. The zero-order chi connectivity index (χ0) is 12.8. The molecule has 1 N–H and O–H groups in total. The summed E-state index contributed by atoms with van der Waals surface area (Å²) in [6.45, 7) is 2.21. The Morgan fingerprint density at radius 2 is 2.61 bits per heavy atom. The number of nitrogens with zero attached hydrogens (tertiary/aromatic N) is 2. The van der Waals surface area contributed by atoms with Crippen LogP contribution in [-0.2, 0) is 9.53 Å². The standard InChI is InChI=1S/C12H19N3O2S/c1-17-7-4-11(16)14-9-10-3-2-6-15(10)12-13-5-8-18-12/h5,8,10H,2-4,6-7,9H2,1H3,(H,14,16). The van der Waals surface area contributed by atoms with Crippen LogP contribution < -0.4 is 10.2 Å². The topological polar surface area (TPSA) is 54.5 Å². The van der Waals surface area contributed by atoms with E-state index < -0.39 is 0 Å². The maximum Gasteiger partial charge on any atom is 0.222 e. The highest BCUT2D eigenvalue weighted by molar-refractivity contribution is 7.13. The molecule has 100 valence electrons. The van der Waals surface area contributed by atoms with Crippen LogP contribution in [0.25, 0.3) is 0 Å². The number of rotatable bonds is 6. The first-order chi connectivity index (χ1) is 8.81. The third kappa shape index (κ3) is 3.43. The lowest BCUT2D eigenvalue weighted by molar-refractivity contribution is -0.122. The second-order valence-electron chi connectivity index (χ2n) is 4.35. The first-order valence-electron chi connectivity index (χ1n) is 6.23. The molecule has 0 saturated carbocycles. The van der Waals surface area contributed by atoms with E-state index >= 15 is 0 Å². The predicted molar refractivity (Wildman–Crippen MR) is 72.0 cm³/mol. The van der Waals surface area contributed by atoms with Gasteiger partial charge in [0.1, 0.15) is 0 Å². The van der Waals surface area contributed by atoms with Crippen LogP contribution in [0.15, 0.2) is 11.6 Å². The summed E-state index contributed by atoms with van der Waals surface area (Å²) in [4.78, 5) is 18.2. The average molecular weight is 269 g/mol. The van der Waals surface area contributed by atoms with E-state index in [1.165, 1.54) is 0 Å². The molecule has 2 heterocycles. The van der Waals surface area contributed by atoms with Crippen LogP contribution in [0.3, 0.4) is 0 Å². The number of carbonyl (C=O) groups excluding carboxylic acids is 1. The van der Waals surface area contributed by atoms with Crippen molar-refractivity contribution in [2.24, 2.45) is 0 Å². The van der Waals surface area contributed by atoms with Gasteiger partial charge in [-0.05, 0) is 12.8 Å². The third-order valence-electron chi connectivity index (χ3n) is 3.11. The van der Waals surface area contributed by atoms with Gasteiger partial charge in [-0.2, -0.15) is 0 Å². The van der Waals surface area contributed by atoms with E-state index in [2.05, 4.69) is 15.2 Å². The zero-order valence-corrected chi connectivity index (χ0v) is 11.4. The Balaban J connectivity index is 1.80. The molecule has 2 rings (SSSR count). The normalized spacial score (nSPS) is 19.2. The van der Waals surface area contributed by atoms with Crippen LogP contribution in [0.1, 0.15) is 19.3 Å². The summed E-state index contributed by atoms with van der Waals surface area (Å²) >= 11 is 1.65. The van der Waals surface area contributed by atoms with Crippen molar-refractivity contribution < 1.29 is 9.53 Å². The molecule has 18 heavy (non-hydrogen) atoms. The SMILES string of the molecule is COCCC(=O)NCC1CCCN1c1nccs1. The van der Waals surface area contributed by atoms with Crippen LogP contribution in [0.4, 0.5) is 5.13 Å². The minimum atomic E-state index is 0.0582. The zero-order valence-electron chi connectivity index (χ0n) is 10.6. The number of methoxy groups -OCH3 is 1. The van der Waals surface area contributed by atoms with Gasteiger partial charge in [-0.25, -0.2) is 4.98 Å². The van der Waals surface area contributed by atoms with Gasteiger partial charge in [0.2, 0.25) is 5.91 Å². The Bertz CT molecular complexity index is 369. The maximum atomic E-state index is 11.5. The van der Waals surface area contributed by atoms with Crippen molar-refractivity contribution in [3.05, 3.63) is 11.6 Å². The van der Waals surface area contributed by atoms with Crippen molar-refractivity contribution in [2.75, 3.05) is 31.7 Å². The molecule has 1 aliphatic rings. The molecule has 0 spiro atoms. The van der Waals surface area contributed by atoms with Crippen LogP contribution in [0.5, 0.6) is 0 Å². The van der Waals surface area contributed by atoms with Crippen molar-refractivity contribution in [1.29, 1.82) is 0 Å². The van der Waals surface area contributed by atoms with E-state index in [-0.39, 0.29) is 5.91 Å². The molecule has 6 heteroatoms. The molecule has 1 aromatic heterocycles. The highest BCUT2D eigenvalue weighted by Gasteiger charge is 2.26. The summed E-state index contributed by atoms with van der Waals surface area (Å²) in [7, 11) is 1.61. The number of hydrogen-bond donors (Lipinski definition) is 1. The molecule has 1 fully saturated rings. The van der Waals surface area contributed by atoms with Crippen LogP contribution in [-0.4, -0.2) is 43.7 Å². The van der Waals surface area contributed by atoms with Crippen molar-refractivity contribution >= 4 is 22.4 Å². The van der Waals surface area contributed by atoms with Gasteiger partial charge in [0.25, 0.3) is 0 Å². The smallest absolute Gasteiger partial charge is 0.222 e. The number of nitrogens with one attached hydrogen (secondary N) is 1. The Morgan fingerprint density at radius 3 is 3.33 bits per heavy atom. The van der Waals surface area contributed by atoms with Gasteiger partial charge >= 0.3 is 0 Å². The third-order valence-corrected chi connectivity index (χ3v) is 3.92. The Kier molecular flexibility index (Phi) is 4.95. The number of hydrogen-bond acceptors (Lipinski definition) is 5. The fourth-order valence-corrected chi connectivity index (χ4v) is 2.91. The Labute approximate surface area is 111 Å². The number of amides is 1. The molecular formula is C12H19N3O2S. The van der Waals surface area contributed by atoms with E-state index in [9.17, 15) is 4.79 Å². The second kappa shape index (κ2) is 6.70. The second-order valence-corrected chi connectivity index (χ2v) is 5.22. The van der Waals surface area contributed by atoms with E-state index in [0.29, 0.717) is 25.6 Å². The van der Waals surface area contributed by atoms with E-state index in [1.807, 2.05) is 11.6 Å². The molecule has 0 aromatic carbocycles. The lowest BCUT2D eigenvalue weighted by Crippen LogP contribution is -2.40. The number of ether oxygens (including phenoxy) is 1. The molecule has 1 amide bonds. The van der Waals surface area contributed by atoms with Gasteiger partial charge < -0.3 is 15.0 Å². The average Bonchev–Trinajstić information content (AvgIpc) is 3.03. The monoisotopic (exact) mass is 269 g/mol. The number of aromatic nitrogens is 1. The number of anilines is 1. The lowest BCUT2D eigenvalue weighted by Gasteiger charge is -2.24. The van der Waals surface area contributed by atoms with Crippen LogP contribution >= 0.6 is 11.3 Å². The first kappa shape index (κ1) is 13.3. The van der Waals surface area contributed by atoms with Gasteiger partial charge in [0.05, 0.1) is 6.61 Å². The number of carbonyl (C=O) groups is 1. The van der Waals surface area contributed by atoms with Gasteiger partial charge in [-0.15, -0.1) is 11.3 Å². The quantitative estimate of drug-likeness (QED) is 0.845. The predicted octanol–water partition coefficient (Wildman–Crippen LogP) is 1.26. The van der Waals surface area contributed by atoms with Crippen molar-refractivity contribution in [1.82, 2.24) is 10.3 Å². The van der Waals surface area contributed by atoms with Crippen LogP contribution in [0, 0.1) is 0 Å². The lowest BCUT2D eigenvalue weighted by atomic mass is 10.2. The molecule has 0 radical (unpaired) electrons. The van der Waals surface area contributed by atoms with Crippen molar-refractivity contribution in [2.45, 2.75) is 25.3 Å². The summed E-state index contributed by atoms with van der Waals surface area (Å²) in [6, 6.07) is 0.377. The number of thiazole rings is 1. The fourth-order valence-electron chi connectivity index (χ4n) is 2.17. The van der Waals surface area contributed by atoms with Crippen molar-refractivity contribution in [3.8, 4) is 0 Å². The molecule has 1 saturated heterocycles. The molecule has 5 nitrogen and oxygen atoms in total. The molecule has 1 aliphatic heterocycles. The summed E-state index contributed by atoms with van der Waals surface area (Å²) in [5.74, 6) is 0.0582. The highest BCUT2D eigenvalue weighted by atomic mass is 32.1. The van der Waals surface area contributed by atoms with Gasteiger partial charge in [-0.3, -0.25) is 4.79 Å². The molecular weight excluding hydrogens is 250 g/mol. The molecule has 0 aliphatic carbocycles. The van der Waals surface area contributed by atoms with Crippen LogP contribution in [0.2, 0.25) is 0 Å². The molecule has 1 atom stereocenters. The summed E-state index contributed by atoms with van der Waals surface area (Å²) in [5, 5.41) is 6.01.